The van der Waals surface area contributed by atoms with Crippen molar-refractivity contribution in [2.45, 2.75) is 44.6 Å². The van der Waals surface area contributed by atoms with Crippen molar-refractivity contribution in [3.05, 3.63) is 23.7 Å². The van der Waals surface area contributed by atoms with Crippen LogP contribution in [0.15, 0.2) is 16.7 Å². The van der Waals surface area contributed by atoms with Gasteiger partial charge in [0.05, 0.1) is 24.8 Å². The highest BCUT2D eigenvalue weighted by Crippen LogP contribution is 2.28. The molecule has 1 aromatic rings. The van der Waals surface area contributed by atoms with Crippen LogP contribution in [-0.2, 0) is 4.79 Å². The number of likely N-dealkylation sites (tertiary alicyclic amines) is 1. The predicted molar refractivity (Wildman–Crippen MR) is 81.6 cm³/mol. The zero-order valence-corrected chi connectivity index (χ0v) is 13.4. The third kappa shape index (κ3) is 3.50. The summed E-state index contributed by atoms with van der Waals surface area (Å²) in [6.45, 7) is 4.71. The fourth-order valence-corrected chi connectivity index (χ4v) is 2.91. The Morgan fingerprint density at radius 1 is 1.50 bits per heavy atom. The maximum absolute atomic E-state index is 12.6. The van der Waals surface area contributed by atoms with Gasteiger partial charge in [-0.25, -0.2) is 0 Å². The van der Waals surface area contributed by atoms with Gasteiger partial charge in [-0.3, -0.25) is 9.59 Å². The first-order valence-corrected chi connectivity index (χ1v) is 7.66. The van der Waals surface area contributed by atoms with E-state index in [2.05, 4.69) is 5.32 Å². The second kappa shape index (κ2) is 6.52. The number of nitrogens with one attached hydrogen (secondary N) is 1. The third-order valence-corrected chi connectivity index (χ3v) is 4.12. The van der Waals surface area contributed by atoms with Crippen LogP contribution in [0.25, 0.3) is 0 Å². The molecular weight excluding hydrogens is 284 g/mol. The summed E-state index contributed by atoms with van der Waals surface area (Å²) in [4.78, 5) is 25.8. The SMILES string of the molecule is CNC(=O)CC1(O)CCCN(C(=O)c2occc2C(C)C)C1. The number of β-amino-alcohol motifs (C(OH)–C–C–N with tert-alkyl or cyclic N) is 1. The number of nitrogens with zero attached hydrogens (tertiary/aromatic N) is 1. The number of hydrogen-bond acceptors (Lipinski definition) is 4. The summed E-state index contributed by atoms with van der Waals surface area (Å²) in [5.74, 6) is 0.0767. The topological polar surface area (TPSA) is 82.8 Å². The third-order valence-electron chi connectivity index (χ3n) is 4.12. The van der Waals surface area contributed by atoms with Gasteiger partial charge in [-0.1, -0.05) is 13.8 Å². The highest BCUT2D eigenvalue weighted by atomic mass is 16.3. The molecule has 1 aliphatic heterocycles. The zero-order chi connectivity index (χ0) is 16.3. The first-order chi connectivity index (χ1) is 10.4. The van der Waals surface area contributed by atoms with E-state index in [1.807, 2.05) is 13.8 Å². The zero-order valence-electron chi connectivity index (χ0n) is 13.4. The average molecular weight is 308 g/mol. The van der Waals surface area contributed by atoms with Gasteiger partial charge >= 0.3 is 0 Å². The maximum atomic E-state index is 12.6. The Balaban J connectivity index is 2.13. The summed E-state index contributed by atoms with van der Waals surface area (Å²) in [7, 11) is 1.54. The molecule has 0 aromatic carbocycles. The molecule has 1 fully saturated rings. The molecule has 1 aromatic heterocycles. The molecule has 6 heteroatoms. The standard InChI is InChI=1S/C16H24N2O4/c1-11(2)12-5-8-22-14(12)15(20)18-7-4-6-16(21,10-18)9-13(19)17-3/h5,8,11,21H,4,6-7,9-10H2,1-3H3,(H,17,19). The van der Waals surface area contributed by atoms with Crippen LogP contribution in [0.5, 0.6) is 0 Å². The summed E-state index contributed by atoms with van der Waals surface area (Å²) in [5, 5.41) is 13.1. The number of aliphatic hydroxyl groups is 1. The molecule has 0 spiro atoms. The summed E-state index contributed by atoms with van der Waals surface area (Å²) >= 11 is 0. The number of furan rings is 1. The molecule has 0 aliphatic carbocycles. The minimum absolute atomic E-state index is 0.00245. The van der Waals surface area contributed by atoms with Crippen LogP contribution < -0.4 is 5.32 Å². The fraction of sp³-hybridized carbons (Fsp3) is 0.625. The summed E-state index contributed by atoms with van der Waals surface area (Å²) < 4.78 is 5.36. The highest BCUT2D eigenvalue weighted by Gasteiger charge is 2.38. The Kier molecular flexibility index (Phi) is 4.90. The summed E-state index contributed by atoms with van der Waals surface area (Å²) in [6.07, 6.45) is 2.70. The molecule has 2 N–H and O–H groups in total. The Labute approximate surface area is 130 Å². The normalized spacial score (nSPS) is 22.0. The van der Waals surface area contributed by atoms with Gasteiger partial charge in [0, 0.05) is 19.2 Å². The van der Waals surface area contributed by atoms with Crippen LogP contribution in [0.1, 0.15) is 55.1 Å². The second-order valence-corrected chi connectivity index (χ2v) is 6.26. The second-order valence-electron chi connectivity index (χ2n) is 6.26. The lowest BCUT2D eigenvalue weighted by Gasteiger charge is -2.38. The quantitative estimate of drug-likeness (QED) is 0.883. The van der Waals surface area contributed by atoms with E-state index in [4.69, 9.17) is 4.42 Å². The van der Waals surface area contributed by atoms with Gasteiger partial charge in [0.25, 0.3) is 5.91 Å². The number of rotatable bonds is 4. The van der Waals surface area contributed by atoms with Crippen molar-refractivity contribution in [2.24, 2.45) is 0 Å². The highest BCUT2D eigenvalue weighted by molar-refractivity contribution is 5.93. The first-order valence-electron chi connectivity index (χ1n) is 7.66. The van der Waals surface area contributed by atoms with Crippen LogP contribution in [0.3, 0.4) is 0 Å². The van der Waals surface area contributed by atoms with E-state index in [1.54, 1.807) is 11.0 Å². The smallest absolute Gasteiger partial charge is 0.289 e. The van der Waals surface area contributed by atoms with Crippen LogP contribution in [0, 0.1) is 0 Å². The van der Waals surface area contributed by atoms with Gasteiger partial charge in [-0.15, -0.1) is 0 Å². The van der Waals surface area contributed by atoms with Crippen molar-refractivity contribution in [1.29, 1.82) is 0 Å². The van der Waals surface area contributed by atoms with E-state index in [0.29, 0.717) is 25.1 Å². The first kappa shape index (κ1) is 16.5. The van der Waals surface area contributed by atoms with E-state index < -0.39 is 5.60 Å². The van der Waals surface area contributed by atoms with Gasteiger partial charge in [-0.2, -0.15) is 0 Å². The molecule has 0 radical (unpaired) electrons. The molecule has 6 nitrogen and oxygen atoms in total. The van der Waals surface area contributed by atoms with E-state index in [-0.39, 0.29) is 30.7 Å². The predicted octanol–water partition coefficient (Wildman–Crippen LogP) is 1.51. The molecule has 22 heavy (non-hydrogen) atoms. The maximum Gasteiger partial charge on any atom is 0.289 e. The number of carbonyl (C=O) groups is 2. The van der Waals surface area contributed by atoms with Crippen LogP contribution in [0.4, 0.5) is 0 Å². The minimum atomic E-state index is -1.17. The van der Waals surface area contributed by atoms with Crippen molar-refractivity contribution in [3.8, 4) is 0 Å². The van der Waals surface area contributed by atoms with Gasteiger partial charge in [-0.05, 0) is 24.8 Å². The number of hydrogen-bond donors (Lipinski definition) is 2. The molecule has 1 unspecified atom stereocenters. The summed E-state index contributed by atoms with van der Waals surface area (Å²) in [5.41, 5.74) is -0.302. The van der Waals surface area contributed by atoms with Gasteiger partial charge < -0.3 is 19.7 Å². The van der Waals surface area contributed by atoms with E-state index in [9.17, 15) is 14.7 Å². The Bertz CT molecular complexity index is 552. The van der Waals surface area contributed by atoms with Crippen molar-refractivity contribution >= 4 is 11.8 Å². The Morgan fingerprint density at radius 2 is 2.23 bits per heavy atom. The largest absolute Gasteiger partial charge is 0.459 e. The van der Waals surface area contributed by atoms with Crippen LogP contribution in [-0.4, -0.2) is 47.6 Å². The van der Waals surface area contributed by atoms with Crippen LogP contribution in [0.2, 0.25) is 0 Å². The van der Waals surface area contributed by atoms with Crippen molar-refractivity contribution < 1.29 is 19.1 Å². The monoisotopic (exact) mass is 308 g/mol. The molecule has 0 bridgehead atoms. The van der Waals surface area contributed by atoms with Gasteiger partial charge in [0.15, 0.2) is 5.76 Å². The lowest BCUT2D eigenvalue weighted by molar-refractivity contribution is -0.127. The average Bonchev–Trinajstić information content (AvgIpc) is 2.95. The van der Waals surface area contributed by atoms with Crippen molar-refractivity contribution in [1.82, 2.24) is 10.2 Å². The number of piperidine rings is 1. The molecule has 1 atom stereocenters. The number of amides is 2. The van der Waals surface area contributed by atoms with Gasteiger partial charge in [0.1, 0.15) is 0 Å². The summed E-state index contributed by atoms with van der Waals surface area (Å²) in [6, 6.07) is 1.80. The molecule has 2 amide bonds. The molecule has 122 valence electrons. The molecule has 1 aliphatic rings. The lowest BCUT2D eigenvalue weighted by Crippen LogP contribution is -2.52. The van der Waals surface area contributed by atoms with E-state index in [0.717, 1.165) is 5.56 Å². The molecule has 2 heterocycles. The molecule has 1 saturated heterocycles. The number of carbonyl (C=O) groups excluding carboxylic acids is 2. The molecular formula is C16H24N2O4. The van der Waals surface area contributed by atoms with Crippen molar-refractivity contribution in [3.63, 3.8) is 0 Å². The van der Waals surface area contributed by atoms with E-state index in [1.165, 1.54) is 13.3 Å². The Morgan fingerprint density at radius 3 is 2.86 bits per heavy atom. The Hall–Kier alpha value is -1.82. The van der Waals surface area contributed by atoms with E-state index >= 15 is 0 Å². The molecule has 0 saturated carbocycles. The fourth-order valence-electron chi connectivity index (χ4n) is 2.91. The molecule has 2 rings (SSSR count). The van der Waals surface area contributed by atoms with Gasteiger partial charge in [0.2, 0.25) is 5.91 Å². The minimum Gasteiger partial charge on any atom is -0.459 e. The van der Waals surface area contributed by atoms with Crippen LogP contribution >= 0.6 is 0 Å². The lowest BCUT2D eigenvalue weighted by atomic mass is 9.89. The van der Waals surface area contributed by atoms with Crippen molar-refractivity contribution in [2.75, 3.05) is 20.1 Å².